The second-order valence-corrected chi connectivity index (χ2v) is 6.24. The molecule has 12 heteroatoms. The molecule has 0 amide bonds. The zero-order valence-corrected chi connectivity index (χ0v) is 15.5. The van der Waals surface area contributed by atoms with Gasteiger partial charge in [-0.1, -0.05) is 11.6 Å². The number of ether oxygens (including phenoxy) is 2. The number of pyridine rings is 1. The Morgan fingerprint density at radius 2 is 1.87 bits per heavy atom. The average Bonchev–Trinajstić information content (AvgIpc) is 2.67. The fourth-order valence-electron chi connectivity index (χ4n) is 2.31. The van der Waals surface area contributed by atoms with Crippen molar-refractivity contribution in [1.29, 1.82) is 0 Å². The Morgan fingerprint density at radius 3 is 2.57 bits per heavy atom. The smallest absolute Gasteiger partial charge is 0.417 e. The molecule has 0 saturated carbocycles. The van der Waals surface area contributed by atoms with Crippen molar-refractivity contribution in [3.8, 4) is 17.5 Å². The lowest BCUT2D eigenvalue weighted by Gasteiger charge is -2.12. The van der Waals surface area contributed by atoms with Crippen LogP contribution >= 0.6 is 11.6 Å². The molecular weight excluding hydrogens is 437 g/mol. The Balaban J connectivity index is 1.67. The summed E-state index contributed by atoms with van der Waals surface area (Å²) >= 11 is 5.52. The summed E-state index contributed by atoms with van der Waals surface area (Å²) in [5.41, 5.74) is -1.59. The van der Waals surface area contributed by atoms with Crippen molar-refractivity contribution in [2.45, 2.75) is 12.6 Å². The van der Waals surface area contributed by atoms with Crippen LogP contribution < -0.4 is 15.2 Å². The second kappa shape index (κ2) is 8.66. The topological polar surface area (TPSA) is 77.1 Å². The third-order valence-electron chi connectivity index (χ3n) is 3.68. The molecule has 0 aliphatic rings. The molecule has 0 unspecified atom stereocenters. The van der Waals surface area contributed by atoms with Crippen LogP contribution in [0.4, 0.5) is 22.0 Å². The van der Waals surface area contributed by atoms with Crippen LogP contribution in [0.3, 0.4) is 0 Å². The van der Waals surface area contributed by atoms with Crippen LogP contribution in [0.2, 0.25) is 5.02 Å². The van der Waals surface area contributed by atoms with E-state index in [0.717, 1.165) is 24.4 Å². The zero-order valence-electron chi connectivity index (χ0n) is 14.8. The largest absolute Gasteiger partial charge is 0.475 e. The van der Waals surface area contributed by atoms with Crippen molar-refractivity contribution >= 4 is 11.6 Å². The maximum atomic E-state index is 14.2. The molecule has 0 spiro atoms. The Morgan fingerprint density at radius 1 is 1.10 bits per heavy atom. The fourth-order valence-corrected chi connectivity index (χ4v) is 2.53. The van der Waals surface area contributed by atoms with Gasteiger partial charge >= 0.3 is 11.9 Å². The van der Waals surface area contributed by atoms with Gasteiger partial charge in [0.15, 0.2) is 5.82 Å². The highest BCUT2D eigenvalue weighted by atomic mass is 35.5. The minimum Gasteiger partial charge on any atom is -0.475 e. The van der Waals surface area contributed by atoms with Gasteiger partial charge in [-0.15, -0.1) is 0 Å². The molecule has 0 aliphatic carbocycles. The molecule has 0 atom stereocenters. The van der Waals surface area contributed by atoms with Gasteiger partial charge in [-0.25, -0.2) is 14.2 Å². The van der Waals surface area contributed by atoms with Crippen LogP contribution in [0.5, 0.6) is 17.5 Å². The third kappa shape index (κ3) is 5.23. The molecule has 0 saturated heterocycles. The summed E-state index contributed by atoms with van der Waals surface area (Å²) in [6.07, 6.45) is -2.62. The molecule has 0 bridgehead atoms. The van der Waals surface area contributed by atoms with Crippen LogP contribution in [0.15, 0.2) is 41.5 Å². The molecule has 30 heavy (non-hydrogen) atoms. The second-order valence-electron chi connectivity index (χ2n) is 5.83. The van der Waals surface area contributed by atoms with Crippen LogP contribution in [0.25, 0.3) is 0 Å². The number of benzene rings is 1. The Labute approximate surface area is 170 Å². The van der Waals surface area contributed by atoms with E-state index in [4.69, 9.17) is 21.1 Å². The summed E-state index contributed by atoms with van der Waals surface area (Å²) in [6.45, 7) is -0.138. The first-order chi connectivity index (χ1) is 14.1. The lowest BCUT2D eigenvalue weighted by molar-refractivity contribution is -0.137. The molecule has 6 nitrogen and oxygen atoms in total. The van der Waals surface area contributed by atoms with Gasteiger partial charge in [-0.3, -0.25) is 0 Å². The highest BCUT2D eigenvalue weighted by Crippen LogP contribution is 2.37. The first-order valence-electron chi connectivity index (χ1n) is 8.20. The molecule has 3 aromatic rings. The van der Waals surface area contributed by atoms with E-state index in [2.05, 4.69) is 9.97 Å². The van der Waals surface area contributed by atoms with Crippen molar-refractivity contribution in [3.05, 3.63) is 74.9 Å². The maximum Gasteiger partial charge on any atom is 0.417 e. The number of alkyl halides is 3. The van der Waals surface area contributed by atoms with E-state index in [-0.39, 0.29) is 18.8 Å². The van der Waals surface area contributed by atoms with E-state index in [0.29, 0.717) is 11.6 Å². The van der Waals surface area contributed by atoms with Crippen molar-refractivity contribution < 1.29 is 31.4 Å². The number of nitrogens with one attached hydrogen (secondary N) is 1. The molecule has 2 heterocycles. The van der Waals surface area contributed by atoms with Gasteiger partial charge in [0.05, 0.1) is 17.2 Å². The third-order valence-corrected chi connectivity index (χ3v) is 4.01. The first kappa shape index (κ1) is 21.5. The van der Waals surface area contributed by atoms with Gasteiger partial charge in [0.25, 0.3) is 11.8 Å². The summed E-state index contributed by atoms with van der Waals surface area (Å²) in [7, 11) is 0. The monoisotopic (exact) mass is 447 g/mol. The summed E-state index contributed by atoms with van der Waals surface area (Å²) < 4.78 is 76.5. The number of halogens is 6. The number of rotatable bonds is 6. The van der Waals surface area contributed by atoms with Crippen molar-refractivity contribution in [3.63, 3.8) is 0 Å². The van der Waals surface area contributed by atoms with E-state index in [1.807, 2.05) is 4.98 Å². The average molecular weight is 448 g/mol. The highest BCUT2D eigenvalue weighted by Gasteiger charge is 2.33. The number of nitrogens with zero attached hydrogens (tertiary/aromatic N) is 2. The molecule has 1 N–H and O–H groups in total. The molecule has 3 rings (SSSR count). The van der Waals surface area contributed by atoms with Crippen LogP contribution in [-0.4, -0.2) is 21.6 Å². The predicted molar refractivity (Wildman–Crippen MR) is 94.7 cm³/mol. The molecule has 0 aliphatic heterocycles. The fraction of sp³-hybridized carbons (Fsp3) is 0.167. The Bertz CT molecular complexity index is 1120. The number of aromatic amines is 1. The number of H-pyrrole nitrogens is 1. The maximum absolute atomic E-state index is 14.2. The first-order valence-corrected chi connectivity index (χ1v) is 8.58. The van der Waals surface area contributed by atoms with E-state index >= 15 is 0 Å². The lowest BCUT2D eigenvalue weighted by Crippen LogP contribution is -2.14. The lowest BCUT2D eigenvalue weighted by atomic mass is 10.2. The molecule has 158 valence electrons. The quantitative estimate of drug-likeness (QED) is 0.562. The molecular formula is C18H11ClF5N3O3. The van der Waals surface area contributed by atoms with E-state index < -0.39 is 45.8 Å². The summed E-state index contributed by atoms with van der Waals surface area (Å²) in [5, 5.41) is -0.523. The van der Waals surface area contributed by atoms with Crippen molar-refractivity contribution in [1.82, 2.24) is 15.0 Å². The summed E-state index contributed by atoms with van der Waals surface area (Å²) in [5.74, 6) is -3.15. The van der Waals surface area contributed by atoms with E-state index in [1.165, 1.54) is 6.20 Å². The van der Waals surface area contributed by atoms with Gasteiger partial charge in [0.2, 0.25) is 5.82 Å². The highest BCUT2D eigenvalue weighted by molar-refractivity contribution is 6.31. The van der Waals surface area contributed by atoms with Gasteiger partial charge in [0.1, 0.15) is 5.75 Å². The van der Waals surface area contributed by atoms with Crippen LogP contribution in [0, 0.1) is 11.6 Å². The molecule has 2 aromatic heterocycles. The van der Waals surface area contributed by atoms with Gasteiger partial charge in [0, 0.05) is 18.8 Å². The van der Waals surface area contributed by atoms with Gasteiger partial charge < -0.3 is 14.5 Å². The SMILES string of the molecule is O=c1nc(OCCc2cnc(Oc3ccc(Cl)c(C(F)(F)F)c3)c(F)c2)c(F)c[nH]1. The van der Waals surface area contributed by atoms with E-state index in [9.17, 15) is 26.7 Å². The number of hydrogen-bond donors (Lipinski definition) is 1. The number of hydrogen-bond acceptors (Lipinski definition) is 5. The van der Waals surface area contributed by atoms with Crippen molar-refractivity contribution in [2.75, 3.05) is 6.61 Å². The van der Waals surface area contributed by atoms with E-state index in [1.54, 1.807) is 0 Å². The van der Waals surface area contributed by atoms with Crippen LogP contribution in [-0.2, 0) is 12.6 Å². The molecule has 1 aromatic carbocycles. The molecule has 0 fully saturated rings. The minimum atomic E-state index is -4.70. The summed E-state index contributed by atoms with van der Waals surface area (Å²) in [4.78, 5) is 20.1. The van der Waals surface area contributed by atoms with Crippen LogP contribution in [0.1, 0.15) is 11.1 Å². The predicted octanol–water partition coefficient (Wildman–Crippen LogP) is 4.53. The normalized spacial score (nSPS) is 11.4. The van der Waals surface area contributed by atoms with Gasteiger partial charge in [-0.05, 0) is 29.8 Å². The molecule has 0 radical (unpaired) electrons. The summed E-state index contributed by atoms with van der Waals surface area (Å²) in [6, 6.07) is 3.79. The Kier molecular flexibility index (Phi) is 6.20. The standard InChI is InChI=1S/C18H11ClF5N3O3/c19-12-2-1-10(6-11(12)18(22,23)24)30-15-13(20)5-9(7-25-15)3-4-29-16-14(21)8-26-17(28)27-16/h1-2,5-8H,3-4H2,(H,26,27,28). The van der Waals surface area contributed by atoms with Gasteiger partial charge in [-0.2, -0.15) is 22.5 Å². The van der Waals surface area contributed by atoms with Crippen molar-refractivity contribution in [2.24, 2.45) is 0 Å². The zero-order chi connectivity index (χ0) is 21.9. The Hall–Kier alpha value is -3.21. The number of aromatic nitrogens is 3. The minimum absolute atomic E-state index is 0.0806.